The monoisotopic (exact) mass is 293 g/mol. The third-order valence-corrected chi connectivity index (χ3v) is 3.05. The number of hydrogen-bond acceptors (Lipinski definition) is 3. The average Bonchev–Trinajstić information content (AvgIpc) is 2.28. The van der Waals surface area contributed by atoms with Gasteiger partial charge < -0.3 is 4.74 Å². The minimum Gasteiger partial charge on any atom is -0.462 e. The molecule has 0 amide bonds. The molecule has 0 aliphatic carbocycles. The Morgan fingerprint density at radius 2 is 2.18 bits per heavy atom. The molecule has 1 aromatic heterocycles. The van der Waals surface area contributed by atoms with E-state index < -0.39 is 0 Å². The number of aromatic nitrogens is 1. The van der Waals surface area contributed by atoms with Crippen LogP contribution in [0.1, 0.15) is 23.0 Å². The second-order valence-corrected chi connectivity index (χ2v) is 4.55. The molecule has 88 valence electrons. The number of fused-ring (bicyclic) bond motifs is 1. The SMILES string of the molecule is CCOC(=O)c1ccc2nc(C)cc(Br)c2c1. The van der Waals surface area contributed by atoms with Gasteiger partial charge in [0, 0.05) is 15.6 Å². The van der Waals surface area contributed by atoms with Crippen molar-refractivity contribution in [3.8, 4) is 0 Å². The molecule has 0 radical (unpaired) electrons. The number of carbonyl (C=O) groups is 1. The van der Waals surface area contributed by atoms with Crippen LogP contribution >= 0.6 is 15.9 Å². The Morgan fingerprint density at radius 1 is 1.41 bits per heavy atom. The van der Waals surface area contributed by atoms with Gasteiger partial charge in [-0.3, -0.25) is 4.98 Å². The lowest BCUT2D eigenvalue weighted by Crippen LogP contribution is -2.04. The van der Waals surface area contributed by atoms with Crippen LogP contribution in [0.2, 0.25) is 0 Å². The standard InChI is InChI=1S/C13H12BrNO2/c1-3-17-13(16)9-4-5-12-10(7-9)11(14)6-8(2)15-12/h4-7H,3H2,1-2H3. The van der Waals surface area contributed by atoms with Crippen molar-refractivity contribution < 1.29 is 9.53 Å². The highest BCUT2D eigenvalue weighted by atomic mass is 79.9. The van der Waals surface area contributed by atoms with Crippen molar-refractivity contribution in [3.63, 3.8) is 0 Å². The van der Waals surface area contributed by atoms with Crippen LogP contribution in [0, 0.1) is 6.92 Å². The first-order chi connectivity index (χ1) is 8.11. The van der Waals surface area contributed by atoms with E-state index in [1.807, 2.05) is 19.1 Å². The molecule has 0 N–H and O–H groups in total. The van der Waals surface area contributed by atoms with Gasteiger partial charge in [-0.1, -0.05) is 15.9 Å². The summed E-state index contributed by atoms with van der Waals surface area (Å²) in [6.45, 7) is 4.10. The molecule has 0 aliphatic heterocycles. The molecule has 2 aromatic rings. The zero-order valence-electron chi connectivity index (χ0n) is 9.66. The molecule has 4 heteroatoms. The Hall–Kier alpha value is -1.42. The van der Waals surface area contributed by atoms with Crippen LogP contribution in [0.5, 0.6) is 0 Å². The number of rotatable bonds is 2. The molecular formula is C13H12BrNO2. The number of hydrogen-bond donors (Lipinski definition) is 0. The Morgan fingerprint density at radius 3 is 2.88 bits per heavy atom. The summed E-state index contributed by atoms with van der Waals surface area (Å²) >= 11 is 3.48. The first-order valence-electron chi connectivity index (χ1n) is 5.36. The molecule has 0 aliphatic rings. The quantitative estimate of drug-likeness (QED) is 0.796. The maximum atomic E-state index is 11.6. The zero-order chi connectivity index (χ0) is 12.4. The number of carbonyl (C=O) groups excluding carboxylic acids is 1. The van der Waals surface area contributed by atoms with Gasteiger partial charge >= 0.3 is 5.97 Å². The third-order valence-electron chi connectivity index (χ3n) is 2.40. The third kappa shape index (κ3) is 2.47. The number of benzene rings is 1. The van der Waals surface area contributed by atoms with Gasteiger partial charge in [0.1, 0.15) is 0 Å². The van der Waals surface area contributed by atoms with Crippen molar-refractivity contribution in [2.24, 2.45) is 0 Å². The van der Waals surface area contributed by atoms with Gasteiger partial charge in [-0.15, -0.1) is 0 Å². The van der Waals surface area contributed by atoms with E-state index in [1.165, 1.54) is 0 Å². The van der Waals surface area contributed by atoms with E-state index in [-0.39, 0.29) is 5.97 Å². The first-order valence-corrected chi connectivity index (χ1v) is 6.15. The summed E-state index contributed by atoms with van der Waals surface area (Å²) < 4.78 is 5.90. The van der Waals surface area contributed by atoms with Crippen LogP contribution in [-0.4, -0.2) is 17.6 Å². The van der Waals surface area contributed by atoms with E-state index in [2.05, 4.69) is 20.9 Å². The van der Waals surface area contributed by atoms with Crippen LogP contribution in [0.15, 0.2) is 28.7 Å². The Labute approximate surface area is 108 Å². The molecular weight excluding hydrogens is 282 g/mol. The van der Waals surface area contributed by atoms with Crippen LogP contribution in [-0.2, 0) is 4.74 Å². The number of ether oxygens (including phenoxy) is 1. The Bertz CT molecular complexity index is 581. The van der Waals surface area contributed by atoms with Crippen molar-refractivity contribution in [2.45, 2.75) is 13.8 Å². The second kappa shape index (κ2) is 4.84. The summed E-state index contributed by atoms with van der Waals surface area (Å²) in [6, 6.07) is 7.29. The number of pyridine rings is 1. The molecule has 0 atom stereocenters. The summed E-state index contributed by atoms with van der Waals surface area (Å²) in [5.74, 6) is -0.304. The molecule has 0 fully saturated rings. The van der Waals surface area contributed by atoms with Gasteiger partial charge in [-0.2, -0.15) is 0 Å². The van der Waals surface area contributed by atoms with E-state index in [0.29, 0.717) is 12.2 Å². The van der Waals surface area contributed by atoms with Crippen molar-refractivity contribution in [1.29, 1.82) is 0 Å². The van der Waals surface area contributed by atoms with Crippen LogP contribution in [0.3, 0.4) is 0 Å². The van der Waals surface area contributed by atoms with Gasteiger partial charge in [0.2, 0.25) is 0 Å². The molecule has 1 aromatic carbocycles. The van der Waals surface area contributed by atoms with E-state index >= 15 is 0 Å². The van der Waals surface area contributed by atoms with Gasteiger partial charge in [0.15, 0.2) is 0 Å². The minimum absolute atomic E-state index is 0.304. The maximum Gasteiger partial charge on any atom is 0.338 e. The summed E-state index contributed by atoms with van der Waals surface area (Å²) in [5.41, 5.74) is 2.35. The van der Waals surface area contributed by atoms with Gasteiger partial charge in [0.25, 0.3) is 0 Å². The summed E-state index contributed by atoms with van der Waals surface area (Å²) in [6.07, 6.45) is 0. The van der Waals surface area contributed by atoms with E-state index in [9.17, 15) is 4.79 Å². The number of halogens is 1. The van der Waals surface area contributed by atoms with Crippen LogP contribution in [0.4, 0.5) is 0 Å². The summed E-state index contributed by atoms with van der Waals surface area (Å²) in [7, 11) is 0. The fraction of sp³-hybridized carbons (Fsp3) is 0.231. The zero-order valence-corrected chi connectivity index (χ0v) is 11.2. The lowest BCUT2D eigenvalue weighted by atomic mass is 10.1. The van der Waals surface area contributed by atoms with Gasteiger partial charge in [-0.05, 0) is 38.1 Å². The molecule has 0 unspecified atom stereocenters. The molecule has 17 heavy (non-hydrogen) atoms. The highest BCUT2D eigenvalue weighted by Gasteiger charge is 2.09. The number of esters is 1. The largest absolute Gasteiger partial charge is 0.462 e. The molecule has 1 heterocycles. The molecule has 3 nitrogen and oxygen atoms in total. The van der Waals surface area contributed by atoms with Gasteiger partial charge in [0.05, 0.1) is 17.7 Å². The number of aryl methyl sites for hydroxylation is 1. The van der Waals surface area contributed by atoms with E-state index in [4.69, 9.17) is 4.74 Å². The molecule has 0 spiro atoms. The van der Waals surface area contributed by atoms with Crippen LogP contribution in [0.25, 0.3) is 10.9 Å². The molecule has 0 bridgehead atoms. The molecule has 2 rings (SSSR count). The Kier molecular flexibility index (Phi) is 3.43. The average molecular weight is 294 g/mol. The van der Waals surface area contributed by atoms with E-state index in [1.54, 1.807) is 19.1 Å². The lowest BCUT2D eigenvalue weighted by molar-refractivity contribution is 0.0526. The van der Waals surface area contributed by atoms with Crippen LogP contribution < -0.4 is 0 Å². The van der Waals surface area contributed by atoms with Crippen molar-refractivity contribution in [3.05, 3.63) is 40.0 Å². The van der Waals surface area contributed by atoms with Gasteiger partial charge in [-0.25, -0.2) is 4.79 Å². The summed E-state index contributed by atoms with van der Waals surface area (Å²) in [4.78, 5) is 16.0. The fourth-order valence-corrected chi connectivity index (χ4v) is 2.30. The smallest absolute Gasteiger partial charge is 0.338 e. The highest BCUT2D eigenvalue weighted by Crippen LogP contribution is 2.24. The fourth-order valence-electron chi connectivity index (χ4n) is 1.65. The highest BCUT2D eigenvalue weighted by molar-refractivity contribution is 9.10. The topological polar surface area (TPSA) is 39.2 Å². The molecule has 0 saturated heterocycles. The molecule has 0 saturated carbocycles. The predicted molar refractivity (Wildman–Crippen MR) is 70.1 cm³/mol. The van der Waals surface area contributed by atoms with Crippen molar-refractivity contribution in [2.75, 3.05) is 6.61 Å². The Balaban J connectivity index is 2.54. The number of nitrogens with zero attached hydrogens (tertiary/aromatic N) is 1. The normalized spacial score (nSPS) is 10.5. The minimum atomic E-state index is -0.304. The summed E-state index contributed by atoms with van der Waals surface area (Å²) in [5, 5.41) is 0.918. The van der Waals surface area contributed by atoms with Crippen molar-refractivity contribution in [1.82, 2.24) is 4.98 Å². The predicted octanol–water partition coefficient (Wildman–Crippen LogP) is 3.48. The first kappa shape index (κ1) is 12.0. The van der Waals surface area contributed by atoms with E-state index in [0.717, 1.165) is 21.1 Å². The lowest BCUT2D eigenvalue weighted by Gasteiger charge is -2.05. The second-order valence-electron chi connectivity index (χ2n) is 3.70. The van der Waals surface area contributed by atoms with Crippen molar-refractivity contribution >= 4 is 32.8 Å². The maximum absolute atomic E-state index is 11.6.